The summed E-state index contributed by atoms with van der Waals surface area (Å²) < 4.78 is 27.1. The van der Waals surface area contributed by atoms with E-state index in [0.717, 1.165) is 6.20 Å². The number of benzene rings is 2. The van der Waals surface area contributed by atoms with Gasteiger partial charge in [-0.1, -0.05) is 11.6 Å². The number of pyridine rings is 1. The molecule has 150 valence electrons. The molecule has 3 aromatic rings. The highest BCUT2D eigenvalue weighted by atomic mass is 35.5. The minimum absolute atomic E-state index is 0.0542. The minimum atomic E-state index is -3.99. The second kappa shape index (κ2) is 8.25. The lowest BCUT2D eigenvalue weighted by atomic mass is 10.2. The number of hydrazone groups is 1. The van der Waals surface area contributed by atoms with E-state index in [9.17, 15) is 23.7 Å². The molecule has 3 rings (SSSR count). The summed E-state index contributed by atoms with van der Waals surface area (Å²) in [6.07, 6.45) is 2.50. The maximum Gasteiger partial charge on any atom is 0.263 e. The molecule has 11 heteroatoms. The van der Waals surface area contributed by atoms with Gasteiger partial charge < -0.3 is 15.3 Å². The Bertz CT molecular complexity index is 1170. The number of nitrogens with zero attached hydrogens (tertiary/aromatic N) is 2. The maximum atomic E-state index is 12.4. The van der Waals surface area contributed by atoms with Crippen molar-refractivity contribution in [2.45, 2.75) is 4.90 Å². The fourth-order valence-electron chi connectivity index (χ4n) is 2.19. The quantitative estimate of drug-likeness (QED) is 0.228. The molecule has 0 aliphatic rings. The highest BCUT2D eigenvalue weighted by molar-refractivity contribution is 7.92. The van der Waals surface area contributed by atoms with Crippen LogP contribution >= 0.6 is 11.6 Å². The van der Waals surface area contributed by atoms with Crippen LogP contribution in [0.25, 0.3) is 0 Å². The third kappa shape index (κ3) is 5.06. The topological polar surface area (TPSA) is 144 Å². The molecule has 0 saturated heterocycles. The predicted molar refractivity (Wildman–Crippen MR) is 109 cm³/mol. The van der Waals surface area contributed by atoms with E-state index >= 15 is 0 Å². The van der Waals surface area contributed by atoms with Crippen molar-refractivity contribution < 1.29 is 23.7 Å². The van der Waals surface area contributed by atoms with Gasteiger partial charge >= 0.3 is 0 Å². The second-order valence-corrected chi connectivity index (χ2v) is 7.88. The summed E-state index contributed by atoms with van der Waals surface area (Å²) in [7, 11) is -3.99. The third-order valence-corrected chi connectivity index (χ3v) is 5.23. The number of phenols is 3. The van der Waals surface area contributed by atoms with Crippen molar-refractivity contribution in [2.24, 2.45) is 5.10 Å². The Hall–Kier alpha value is -3.50. The molecule has 0 unspecified atom stereocenters. The first kappa shape index (κ1) is 20.2. The molecule has 1 aromatic heterocycles. The highest BCUT2D eigenvalue weighted by Gasteiger charge is 2.17. The number of sulfonamides is 1. The predicted octanol–water partition coefficient (Wildman–Crippen LogP) is 3.10. The van der Waals surface area contributed by atoms with Gasteiger partial charge in [-0.15, -0.1) is 0 Å². The fourth-order valence-corrected chi connectivity index (χ4v) is 3.37. The zero-order chi connectivity index (χ0) is 21.0. The average Bonchev–Trinajstić information content (AvgIpc) is 2.68. The summed E-state index contributed by atoms with van der Waals surface area (Å²) in [5.74, 6) is -0.513. The van der Waals surface area contributed by atoms with Gasteiger partial charge in [0, 0.05) is 11.2 Å². The first-order valence-corrected chi connectivity index (χ1v) is 9.89. The lowest BCUT2D eigenvalue weighted by Gasteiger charge is -2.10. The van der Waals surface area contributed by atoms with Gasteiger partial charge in [0.15, 0.2) is 11.5 Å². The number of anilines is 2. The lowest BCUT2D eigenvalue weighted by Crippen LogP contribution is -2.13. The smallest absolute Gasteiger partial charge is 0.263 e. The molecule has 2 aromatic carbocycles. The first-order chi connectivity index (χ1) is 13.7. The molecule has 0 bridgehead atoms. The fraction of sp³-hybridized carbons (Fsp3) is 0. The zero-order valence-corrected chi connectivity index (χ0v) is 16.2. The number of aromatic hydroxyl groups is 3. The van der Waals surface area contributed by atoms with Gasteiger partial charge in [0.05, 0.1) is 11.9 Å². The van der Waals surface area contributed by atoms with E-state index in [1.807, 2.05) is 0 Å². The van der Waals surface area contributed by atoms with Gasteiger partial charge in [0.2, 0.25) is 0 Å². The van der Waals surface area contributed by atoms with Crippen LogP contribution in [-0.4, -0.2) is 34.9 Å². The second-order valence-electron chi connectivity index (χ2n) is 5.76. The lowest BCUT2D eigenvalue weighted by molar-refractivity contribution is 0.403. The number of nitrogens with one attached hydrogen (secondary N) is 2. The van der Waals surface area contributed by atoms with Crippen LogP contribution in [0.15, 0.2) is 64.7 Å². The van der Waals surface area contributed by atoms with Gasteiger partial charge in [-0.2, -0.15) is 5.10 Å². The van der Waals surface area contributed by atoms with Crippen molar-refractivity contribution in [1.82, 2.24) is 4.98 Å². The monoisotopic (exact) mass is 434 g/mol. The Morgan fingerprint density at radius 2 is 1.72 bits per heavy atom. The number of hydrogen-bond acceptors (Lipinski definition) is 8. The van der Waals surface area contributed by atoms with Crippen molar-refractivity contribution in [1.29, 1.82) is 0 Å². The minimum Gasteiger partial charge on any atom is -0.506 e. The van der Waals surface area contributed by atoms with Gasteiger partial charge in [-0.3, -0.25) is 10.1 Å². The van der Waals surface area contributed by atoms with Crippen molar-refractivity contribution in [3.05, 3.63) is 65.3 Å². The van der Waals surface area contributed by atoms with Crippen LogP contribution in [0.2, 0.25) is 5.02 Å². The molecule has 0 aliphatic carbocycles. The van der Waals surface area contributed by atoms with Gasteiger partial charge in [-0.25, -0.2) is 13.4 Å². The van der Waals surface area contributed by atoms with Crippen molar-refractivity contribution >= 4 is 39.3 Å². The molecule has 0 saturated carbocycles. The average molecular weight is 435 g/mol. The molecular formula is C18H15ClN4O5S. The summed E-state index contributed by atoms with van der Waals surface area (Å²) in [6, 6.07) is 10.9. The SMILES string of the molecule is O=S(=O)(Nc1cc(Cl)ccc1O)c1ccc(N/N=C/c2ccc(O)c(O)c2)nc1. The number of aromatic nitrogens is 1. The first-order valence-electron chi connectivity index (χ1n) is 8.03. The molecule has 0 spiro atoms. The van der Waals surface area contributed by atoms with Gasteiger partial charge in [0.1, 0.15) is 16.5 Å². The molecular weight excluding hydrogens is 420 g/mol. The normalized spacial score (nSPS) is 11.5. The summed E-state index contributed by atoms with van der Waals surface area (Å²) >= 11 is 5.82. The molecule has 29 heavy (non-hydrogen) atoms. The van der Waals surface area contributed by atoms with Gasteiger partial charge in [-0.05, 0) is 54.1 Å². The van der Waals surface area contributed by atoms with E-state index in [1.54, 1.807) is 6.07 Å². The summed E-state index contributed by atoms with van der Waals surface area (Å²) in [6.45, 7) is 0. The zero-order valence-electron chi connectivity index (χ0n) is 14.6. The van der Waals surface area contributed by atoms with E-state index in [4.69, 9.17) is 11.6 Å². The van der Waals surface area contributed by atoms with Crippen molar-refractivity contribution in [2.75, 3.05) is 10.1 Å². The standard InChI is InChI=1S/C18H15ClN4O5S/c19-12-2-5-15(24)14(8-12)23-29(27,28)13-3-6-18(20-10-13)22-21-9-11-1-4-16(25)17(26)7-11/h1-10,23-26H,(H,20,22)/b21-9+. The maximum absolute atomic E-state index is 12.4. The van der Waals surface area contributed by atoms with Crippen molar-refractivity contribution in [3.63, 3.8) is 0 Å². The molecule has 1 heterocycles. The van der Waals surface area contributed by atoms with Crippen LogP contribution in [0.3, 0.4) is 0 Å². The largest absolute Gasteiger partial charge is 0.506 e. The molecule has 0 radical (unpaired) electrons. The Labute approximate surface area is 171 Å². The van der Waals surface area contributed by atoms with Crippen LogP contribution in [0, 0.1) is 0 Å². The van der Waals surface area contributed by atoms with Gasteiger partial charge in [0.25, 0.3) is 10.0 Å². The third-order valence-electron chi connectivity index (χ3n) is 3.64. The van der Waals surface area contributed by atoms with E-state index < -0.39 is 10.0 Å². The van der Waals surface area contributed by atoms with E-state index in [1.165, 1.54) is 48.7 Å². The summed E-state index contributed by atoms with van der Waals surface area (Å²) in [5.41, 5.74) is 3.08. The number of halogens is 1. The summed E-state index contributed by atoms with van der Waals surface area (Å²) in [4.78, 5) is 3.84. The highest BCUT2D eigenvalue weighted by Crippen LogP contribution is 2.29. The van der Waals surface area contributed by atoms with Crippen LogP contribution in [-0.2, 0) is 10.0 Å². The van der Waals surface area contributed by atoms with Crippen LogP contribution < -0.4 is 10.1 Å². The molecule has 0 fully saturated rings. The Morgan fingerprint density at radius 3 is 2.41 bits per heavy atom. The van der Waals surface area contributed by atoms with E-state index in [2.05, 4.69) is 20.2 Å². The van der Waals surface area contributed by atoms with Crippen LogP contribution in [0.4, 0.5) is 11.5 Å². The molecule has 0 aliphatic heterocycles. The molecule has 0 atom stereocenters. The Balaban J connectivity index is 1.69. The van der Waals surface area contributed by atoms with Crippen LogP contribution in [0.1, 0.15) is 5.56 Å². The van der Waals surface area contributed by atoms with Crippen molar-refractivity contribution in [3.8, 4) is 17.2 Å². The number of phenolic OH excluding ortho intramolecular Hbond substituents is 3. The van der Waals surface area contributed by atoms with E-state index in [0.29, 0.717) is 5.56 Å². The van der Waals surface area contributed by atoms with E-state index in [-0.39, 0.29) is 38.7 Å². The summed E-state index contributed by atoms with van der Waals surface area (Å²) in [5, 5.41) is 32.6. The molecule has 5 N–H and O–H groups in total. The number of rotatable bonds is 6. The molecule has 9 nitrogen and oxygen atoms in total. The Morgan fingerprint density at radius 1 is 0.966 bits per heavy atom. The number of hydrogen-bond donors (Lipinski definition) is 5. The molecule has 0 amide bonds. The van der Waals surface area contributed by atoms with Crippen LogP contribution in [0.5, 0.6) is 17.2 Å². The Kier molecular flexibility index (Phi) is 5.76.